The van der Waals surface area contributed by atoms with Crippen LogP contribution in [0.25, 0.3) is 16.8 Å². The maximum Gasteiger partial charge on any atom is 0.341 e. The van der Waals surface area contributed by atoms with Crippen molar-refractivity contribution in [3.05, 3.63) is 80.1 Å². The van der Waals surface area contributed by atoms with Gasteiger partial charge in [-0.05, 0) is 37.6 Å². The molecule has 3 heterocycles. The number of fused-ring (bicyclic) bond motifs is 1. The molecule has 0 radical (unpaired) electrons. The number of non-ortho nitro benzene ring substituents is 1. The number of carbonyl (C=O) groups excluding carboxylic acids is 2. The summed E-state index contributed by atoms with van der Waals surface area (Å²) >= 11 is 7.18. The van der Waals surface area contributed by atoms with Gasteiger partial charge in [-0.15, -0.1) is 11.3 Å². The van der Waals surface area contributed by atoms with E-state index in [1.807, 2.05) is 0 Å². The van der Waals surface area contributed by atoms with Crippen LogP contribution >= 0.6 is 22.9 Å². The highest BCUT2D eigenvalue weighted by Gasteiger charge is 2.25. The van der Waals surface area contributed by atoms with E-state index in [1.165, 1.54) is 12.1 Å². The SMILES string of the molecule is CCOC(=O)c1c(-c2ccc([N+](=O)[O-])cc2)csc1NC(=O)c1c(C)nc2cc(Cl)ccn12. The van der Waals surface area contributed by atoms with E-state index in [9.17, 15) is 19.7 Å². The minimum Gasteiger partial charge on any atom is -0.462 e. The Morgan fingerprint density at radius 3 is 2.67 bits per heavy atom. The minimum atomic E-state index is -0.607. The second kappa shape index (κ2) is 9.00. The molecule has 0 saturated carbocycles. The average Bonchev–Trinajstić information content (AvgIpc) is 3.33. The Morgan fingerprint density at radius 1 is 1.27 bits per heavy atom. The quantitative estimate of drug-likeness (QED) is 0.223. The average molecular weight is 485 g/mol. The third-order valence-corrected chi connectivity index (χ3v) is 5.99. The number of ether oxygens (including phenoxy) is 1. The van der Waals surface area contributed by atoms with Crippen molar-refractivity contribution in [1.29, 1.82) is 0 Å². The highest BCUT2D eigenvalue weighted by Crippen LogP contribution is 2.37. The van der Waals surface area contributed by atoms with Gasteiger partial charge in [0, 0.05) is 40.4 Å². The number of pyridine rings is 1. The van der Waals surface area contributed by atoms with Crippen molar-refractivity contribution in [2.75, 3.05) is 11.9 Å². The molecule has 0 aliphatic carbocycles. The molecule has 9 nitrogen and oxygen atoms in total. The van der Waals surface area contributed by atoms with Crippen LogP contribution in [-0.4, -0.2) is 32.8 Å². The molecule has 0 unspecified atom stereocenters. The molecular weight excluding hydrogens is 468 g/mol. The van der Waals surface area contributed by atoms with Crippen molar-refractivity contribution in [1.82, 2.24) is 9.38 Å². The number of esters is 1. The molecule has 0 aliphatic heterocycles. The Balaban J connectivity index is 1.74. The van der Waals surface area contributed by atoms with Gasteiger partial charge < -0.3 is 10.1 Å². The maximum atomic E-state index is 13.2. The third-order valence-electron chi connectivity index (χ3n) is 4.86. The lowest BCUT2D eigenvalue weighted by Gasteiger charge is -2.09. The van der Waals surface area contributed by atoms with E-state index in [4.69, 9.17) is 16.3 Å². The first-order chi connectivity index (χ1) is 15.8. The Morgan fingerprint density at radius 2 is 2.00 bits per heavy atom. The van der Waals surface area contributed by atoms with Crippen molar-refractivity contribution < 1.29 is 19.2 Å². The lowest BCUT2D eigenvalue weighted by Crippen LogP contribution is -2.17. The fourth-order valence-corrected chi connectivity index (χ4v) is 4.51. The first kappa shape index (κ1) is 22.4. The zero-order chi connectivity index (χ0) is 23.7. The Hall–Kier alpha value is -3.76. The van der Waals surface area contributed by atoms with Crippen molar-refractivity contribution in [3.8, 4) is 11.1 Å². The second-order valence-electron chi connectivity index (χ2n) is 6.95. The Labute approximate surface area is 196 Å². The number of hydrogen-bond acceptors (Lipinski definition) is 7. The number of amides is 1. The third kappa shape index (κ3) is 4.30. The standard InChI is InChI=1S/C22H17ClN4O5S/c1-3-32-22(29)18-16(13-4-6-15(7-5-13)27(30)31)11-33-21(18)25-20(28)19-12(2)24-17-10-14(23)8-9-26(17)19/h4-11H,3H2,1-2H3,(H,25,28). The van der Waals surface area contributed by atoms with Crippen molar-refractivity contribution in [3.63, 3.8) is 0 Å². The number of halogens is 1. The van der Waals surface area contributed by atoms with Crippen LogP contribution in [0.15, 0.2) is 48.0 Å². The number of aromatic nitrogens is 2. The summed E-state index contributed by atoms with van der Waals surface area (Å²) in [6, 6.07) is 9.10. The normalized spacial score (nSPS) is 10.9. The number of carbonyl (C=O) groups is 2. The molecule has 0 atom stereocenters. The fourth-order valence-electron chi connectivity index (χ4n) is 3.40. The minimum absolute atomic E-state index is 0.0663. The molecule has 11 heteroatoms. The van der Waals surface area contributed by atoms with Crippen LogP contribution < -0.4 is 5.32 Å². The number of thiophene rings is 1. The zero-order valence-corrected chi connectivity index (χ0v) is 19.1. The molecule has 3 aromatic heterocycles. The number of nitro benzene ring substituents is 1. The molecule has 4 aromatic rings. The van der Waals surface area contributed by atoms with Crippen LogP contribution in [0.1, 0.15) is 33.5 Å². The first-order valence-electron chi connectivity index (χ1n) is 9.79. The van der Waals surface area contributed by atoms with Gasteiger partial charge in [-0.2, -0.15) is 0 Å². The summed E-state index contributed by atoms with van der Waals surface area (Å²) in [6.45, 7) is 3.54. The van der Waals surface area contributed by atoms with Gasteiger partial charge in [0.05, 0.1) is 17.2 Å². The number of benzene rings is 1. The molecule has 33 heavy (non-hydrogen) atoms. The predicted molar refractivity (Wildman–Crippen MR) is 125 cm³/mol. The van der Waals surface area contributed by atoms with E-state index in [0.29, 0.717) is 38.2 Å². The van der Waals surface area contributed by atoms with Gasteiger partial charge in [0.15, 0.2) is 0 Å². The van der Waals surface area contributed by atoms with Crippen LogP contribution in [0.4, 0.5) is 10.7 Å². The van der Waals surface area contributed by atoms with Gasteiger partial charge in [0.25, 0.3) is 11.6 Å². The predicted octanol–water partition coefficient (Wildman–Crippen LogP) is 5.36. The van der Waals surface area contributed by atoms with E-state index in [1.54, 1.807) is 54.1 Å². The van der Waals surface area contributed by atoms with Crippen LogP contribution in [-0.2, 0) is 4.74 Å². The summed E-state index contributed by atoms with van der Waals surface area (Å²) in [5, 5.41) is 16.2. The van der Waals surface area contributed by atoms with E-state index in [0.717, 1.165) is 11.3 Å². The van der Waals surface area contributed by atoms with Gasteiger partial charge in [-0.1, -0.05) is 11.6 Å². The Bertz CT molecular complexity index is 1390. The topological polar surface area (TPSA) is 116 Å². The molecule has 0 saturated heterocycles. The van der Waals surface area contributed by atoms with E-state index >= 15 is 0 Å². The molecule has 0 spiro atoms. The van der Waals surface area contributed by atoms with E-state index in [-0.39, 0.29) is 17.9 Å². The molecule has 4 rings (SSSR count). The summed E-state index contributed by atoms with van der Waals surface area (Å²) in [5.74, 6) is -1.06. The van der Waals surface area contributed by atoms with Crippen molar-refractivity contribution in [2.24, 2.45) is 0 Å². The van der Waals surface area contributed by atoms with E-state index < -0.39 is 16.8 Å². The van der Waals surface area contributed by atoms with Crippen LogP contribution in [0.2, 0.25) is 5.02 Å². The summed E-state index contributed by atoms with van der Waals surface area (Å²) in [5.41, 5.74) is 2.53. The Kier molecular flexibility index (Phi) is 6.12. The lowest BCUT2D eigenvalue weighted by molar-refractivity contribution is -0.384. The highest BCUT2D eigenvalue weighted by molar-refractivity contribution is 7.15. The first-order valence-corrected chi connectivity index (χ1v) is 11.0. The summed E-state index contributed by atoms with van der Waals surface area (Å²) in [4.78, 5) is 40.8. The number of nitro groups is 1. The molecule has 0 bridgehead atoms. The number of rotatable bonds is 6. The van der Waals surface area contributed by atoms with Crippen LogP contribution in [0.5, 0.6) is 0 Å². The number of hydrogen-bond donors (Lipinski definition) is 1. The summed E-state index contributed by atoms with van der Waals surface area (Å²) < 4.78 is 6.82. The maximum absolute atomic E-state index is 13.2. The lowest BCUT2D eigenvalue weighted by atomic mass is 10.0. The molecule has 1 N–H and O–H groups in total. The zero-order valence-electron chi connectivity index (χ0n) is 17.5. The largest absolute Gasteiger partial charge is 0.462 e. The fraction of sp³-hybridized carbons (Fsp3) is 0.136. The smallest absolute Gasteiger partial charge is 0.341 e. The molecule has 0 fully saturated rings. The molecule has 168 valence electrons. The van der Waals surface area contributed by atoms with Crippen molar-refractivity contribution in [2.45, 2.75) is 13.8 Å². The number of aryl methyl sites for hydroxylation is 1. The van der Waals surface area contributed by atoms with Crippen molar-refractivity contribution >= 4 is 51.1 Å². The van der Waals surface area contributed by atoms with Crippen LogP contribution in [0, 0.1) is 17.0 Å². The summed E-state index contributed by atoms with van der Waals surface area (Å²) in [6.07, 6.45) is 1.65. The monoisotopic (exact) mass is 484 g/mol. The van der Waals surface area contributed by atoms with Gasteiger partial charge in [0.1, 0.15) is 21.9 Å². The van der Waals surface area contributed by atoms with Crippen LogP contribution in [0.3, 0.4) is 0 Å². The number of nitrogens with one attached hydrogen (secondary N) is 1. The number of imidazole rings is 1. The number of anilines is 1. The molecule has 1 aromatic carbocycles. The molecule has 1 amide bonds. The highest BCUT2D eigenvalue weighted by atomic mass is 35.5. The van der Waals surface area contributed by atoms with Gasteiger partial charge >= 0.3 is 5.97 Å². The van der Waals surface area contributed by atoms with E-state index in [2.05, 4.69) is 10.3 Å². The second-order valence-corrected chi connectivity index (χ2v) is 8.27. The molecule has 0 aliphatic rings. The van der Waals surface area contributed by atoms with Gasteiger partial charge in [-0.25, -0.2) is 9.78 Å². The summed E-state index contributed by atoms with van der Waals surface area (Å²) in [7, 11) is 0. The number of nitrogens with zero attached hydrogens (tertiary/aromatic N) is 3. The molecular formula is C22H17ClN4O5S. The van der Waals surface area contributed by atoms with Gasteiger partial charge in [-0.3, -0.25) is 19.3 Å². The van der Waals surface area contributed by atoms with Gasteiger partial charge in [0.2, 0.25) is 0 Å².